The van der Waals surface area contributed by atoms with Gasteiger partial charge in [-0.05, 0) is 35.1 Å². The first-order valence-corrected chi connectivity index (χ1v) is 7.38. The highest BCUT2D eigenvalue weighted by Gasteiger charge is 2.31. The summed E-state index contributed by atoms with van der Waals surface area (Å²) >= 11 is 0. The maximum Gasteiger partial charge on any atom is 0.0920 e. The lowest BCUT2D eigenvalue weighted by Crippen LogP contribution is -2.41. The number of aliphatic hydroxyl groups excluding tert-OH is 1. The first-order valence-electron chi connectivity index (χ1n) is 7.38. The van der Waals surface area contributed by atoms with Crippen LogP contribution in [0.3, 0.4) is 0 Å². The fourth-order valence-corrected chi connectivity index (χ4v) is 3.68. The minimum atomic E-state index is -0.344. The highest BCUT2D eigenvalue weighted by atomic mass is 16.3. The van der Waals surface area contributed by atoms with E-state index in [0.717, 1.165) is 31.5 Å². The fraction of sp³-hybridized carbons (Fsp3) is 0.333. The normalized spacial score (nSPS) is 22.6. The minimum Gasteiger partial charge on any atom is -0.387 e. The molecule has 1 N–H and O–H groups in total. The van der Waals surface area contributed by atoms with Crippen molar-refractivity contribution < 1.29 is 5.11 Å². The number of fused-ring (bicyclic) bond motifs is 2. The lowest BCUT2D eigenvalue weighted by atomic mass is 9.96. The minimum absolute atomic E-state index is 0.344. The van der Waals surface area contributed by atoms with Crippen LogP contribution >= 0.6 is 0 Å². The van der Waals surface area contributed by atoms with Gasteiger partial charge in [-0.15, -0.1) is 0 Å². The molecule has 2 aromatic carbocycles. The number of hydrogen-bond donors (Lipinski definition) is 1. The van der Waals surface area contributed by atoms with Gasteiger partial charge in [0.1, 0.15) is 0 Å². The number of β-amino-alcohol motifs (C(OH)–C–C–N with tert-alkyl or cyclic N) is 1. The average molecular weight is 265 g/mol. The van der Waals surface area contributed by atoms with Gasteiger partial charge >= 0.3 is 0 Å². The molecule has 2 aromatic rings. The molecule has 2 aliphatic rings. The second-order valence-electron chi connectivity index (χ2n) is 5.97. The fourth-order valence-electron chi connectivity index (χ4n) is 3.68. The van der Waals surface area contributed by atoms with Crippen molar-refractivity contribution in [2.24, 2.45) is 0 Å². The molecule has 0 saturated heterocycles. The number of hydrogen-bond acceptors (Lipinski definition) is 2. The zero-order valence-electron chi connectivity index (χ0n) is 11.5. The molecule has 2 heteroatoms. The van der Waals surface area contributed by atoms with Crippen LogP contribution in [0, 0.1) is 0 Å². The maximum atomic E-state index is 10.4. The van der Waals surface area contributed by atoms with E-state index in [4.69, 9.17) is 0 Å². The van der Waals surface area contributed by atoms with Crippen molar-refractivity contribution in [2.45, 2.75) is 31.5 Å². The zero-order chi connectivity index (χ0) is 13.5. The predicted molar refractivity (Wildman–Crippen MR) is 79.4 cm³/mol. The molecule has 1 atom stereocenters. The van der Waals surface area contributed by atoms with Crippen LogP contribution in [0.5, 0.6) is 0 Å². The van der Waals surface area contributed by atoms with E-state index in [-0.39, 0.29) is 6.10 Å². The summed E-state index contributed by atoms with van der Waals surface area (Å²) in [7, 11) is 0. The van der Waals surface area contributed by atoms with E-state index in [1.54, 1.807) is 0 Å². The zero-order valence-corrected chi connectivity index (χ0v) is 11.5. The quantitative estimate of drug-likeness (QED) is 0.857. The van der Waals surface area contributed by atoms with E-state index in [2.05, 4.69) is 47.4 Å². The predicted octanol–water partition coefficient (Wildman–Crippen LogP) is 2.70. The van der Waals surface area contributed by atoms with E-state index in [1.165, 1.54) is 16.7 Å². The van der Waals surface area contributed by atoms with E-state index >= 15 is 0 Å². The molecule has 102 valence electrons. The monoisotopic (exact) mass is 265 g/mol. The second-order valence-corrected chi connectivity index (χ2v) is 5.97. The van der Waals surface area contributed by atoms with Crippen LogP contribution in [0.1, 0.15) is 28.4 Å². The van der Waals surface area contributed by atoms with E-state index < -0.39 is 0 Å². The molecule has 0 amide bonds. The first kappa shape index (κ1) is 12.1. The summed E-state index contributed by atoms with van der Waals surface area (Å²) in [4.78, 5) is 2.45. The van der Waals surface area contributed by atoms with Gasteiger partial charge in [0.15, 0.2) is 0 Å². The number of aliphatic hydroxyl groups is 1. The Kier molecular flexibility index (Phi) is 2.86. The summed E-state index contributed by atoms with van der Waals surface area (Å²) in [5.74, 6) is 0. The van der Waals surface area contributed by atoms with E-state index in [0.29, 0.717) is 6.04 Å². The van der Waals surface area contributed by atoms with Gasteiger partial charge in [0.2, 0.25) is 0 Å². The Bertz CT molecular complexity index is 612. The number of rotatable bonds is 1. The molecular formula is C18H19NO. The molecule has 0 radical (unpaired) electrons. The standard InChI is InChI=1S/C18H19NO/c20-18-12-19(11-15-7-3-4-8-17(15)18)16-9-13-5-1-2-6-14(13)10-16/h1-8,16,18,20H,9-12H2/t18-/m1/s1. The summed E-state index contributed by atoms with van der Waals surface area (Å²) < 4.78 is 0. The Labute approximate surface area is 119 Å². The van der Waals surface area contributed by atoms with Gasteiger partial charge in [0, 0.05) is 19.1 Å². The van der Waals surface area contributed by atoms with Gasteiger partial charge in [0.05, 0.1) is 6.10 Å². The van der Waals surface area contributed by atoms with E-state index in [1.807, 2.05) is 6.07 Å². The molecule has 20 heavy (non-hydrogen) atoms. The van der Waals surface area contributed by atoms with Crippen molar-refractivity contribution in [1.29, 1.82) is 0 Å². The third-order valence-electron chi connectivity index (χ3n) is 4.74. The van der Waals surface area contributed by atoms with Crippen LogP contribution < -0.4 is 0 Å². The summed E-state index contributed by atoms with van der Waals surface area (Å²) in [6, 6.07) is 17.6. The molecule has 0 fully saturated rings. The smallest absolute Gasteiger partial charge is 0.0920 e. The van der Waals surface area contributed by atoms with Gasteiger partial charge in [-0.1, -0.05) is 48.5 Å². The van der Waals surface area contributed by atoms with Crippen molar-refractivity contribution in [3.63, 3.8) is 0 Å². The van der Waals surface area contributed by atoms with Crippen LogP contribution in [-0.2, 0) is 19.4 Å². The van der Waals surface area contributed by atoms with Crippen LogP contribution in [0.4, 0.5) is 0 Å². The highest BCUT2D eigenvalue weighted by Crippen LogP contribution is 2.32. The first-order chi connectivity index (χ1) is 9.81. The molecule has 1 aliphatic carbocycles. The molecule has 1 aliphatic heterocycles. The molecule has 0 aromatic heterocycles. The molecule has 0 bridgehead atoms. The van der Waals surface area contributed by atoms with Crippen molar-refractivity contribution in [3.05, 3.63) is 70.8 Å². The topological polar surface area (TPSA) is 23.5 Å². The van der Waals surface area contributed by atoms with Gasteiger partial charge in [-0.25, -0.2) is 0 Å². The molecule has 2 nitrogen and oxygen atoms in total. The average Bonchev–Trinajstić information content (AvgIpc) is 2.91. The van der Waals surface area contributed by atoms with Crippen LogP contribution in [-0.4, -0.2) is 22.6 Å². The molecule has 1 heterocycles. The highest BCUT2D eigenvalue weighted by molar-refractivity contribution is 5.35. The Morgan fingerprint density at radius 1 is 0.850 bits per heavy atom. The number of nitrogens with zero attached hydrogens (tertiary/aromatic N) is 1. The van der Waals surface area contributed by atoms with Crippen molar-refractivity contribution in [2.75, 3.05) is 6.54 Å². The van der Waals surface area contributed by atoms with Gasteiger partial charge in [-0.3, -0.25) is 4.90 Å². The third kappa shape index (κ3) is 1.96. The van der Waals surface area contributed by atoms with Crippen molar-refractivity contribution in [1.82, 2.24) is 4.90 Å². The van der Waals surface area contributed by atoms with Crippen LogP contribution in [0.25, 0.3) is 0 Å². The maximum absolute atomic E-state index is 10.4. The molecule has 0 saturated carbocycles. The molecule has 0 unspecified atom stereocenters. The Hall–Kier alpha value is -1.64. The summed E-state index contributed by atoms with van der Waals surface area (Å²) in [5, 5.41) is 10.4. The van der Waals surface area contributed by atoms with Gasteiger partial charge in [-0.2, -0.15) is 0 Å². The molecule has 4 rings (SSSR count). The second kappa shape index (κ2) is 4.72. The third-order valence-corrected chi connectivity index (χ3v) is 4.74. The summed E-state index contributed by atoms with van der Waals surface area (Å²) in [6.07, 6.45) is 1.89. The number of benzene rings is 2. The largest absolute Gasteiger partial charge is 0.387 e. The Morgan fingerprint density at radius 2 is 1.45 bits per heavy atom. The SMILES string of the molecule is O[C@@H]1CN(C2Cc3ccccc3C2)Cc2ccccc21. The van der Waals surface area contributed by atoms with Crippen molar-refractivity contribution in [3.8, 4) is 0 Å². The Morgan fingerprint density at radius 3 is 2.15 bits per heavy atom. The van der Waals surface area contributed by atoms with Crippen molar-refractivity contribution >= 4 is 0 Å². The lowest BCUT2D eigenvalue weighted by molar-refractivity contribution is 0.0675. The summed E-state index contributed by atoms with van der Waals surface area (Å²) in [6.45, 7) is 1.72. The Balaban J connectivity index is 1.58. The summed E-state index contributed by atoms with van der Waals surface area (Å²) in [5.41, 5.74) is 5.35. The van der Waals surface area contributed by atoms with Crippen LogP contribution in [0.2, 0.25) is 0 Å². The van der Waals surface area contributed by atoms with Gasteiger partial charge < -0.3 is 5.11 Å². The lowest BCUT2D eigenvalue weighted by Gasteiger charge is -2.36. The van der Waals surface area contributed by atoms with Crippen LogP contribution in [0.15, 0.2) is 48.5 Å². The molecule has 0 spiro atoms. The molecular weight excluding hydrogens is 246 g/mol. The van der Waals surface area contributed by atoms with Gasteiger partial charge in [0.25, 0.3) is 0 Å². The van der Waals surface area contributed by atoms with E-state index in [9.17, 15) is 5.11 Å².